The Morgan fingerprint density at radius 2 is 1.50 bits per heavy atom. The average molecular weight is 317 g/mol. The largest absolute Gasteiger partial charge is 0.497 e. The first-order valence-electron chi connectivity index (χ1n) is 7.92. The summed E-state index contributed by atoms with van der Waals surface area (Å²) in [4.78, 5) is 3.46. The molecule has 0 amide bonds. The Bertz CT molecular complexity index is 807. The summed E-state index contributed by atoms with van der Waals surface area (Å²) in [6.07, 6.45) is 0. The molecule has 0 spiro atoms. The van der Waals surface area contributed by atoms with Gasteiger partial charge in [-0.15, -0.1) is 0 Å². The molecule has 3 aromatic rings. The van der Waals surface area contributed by atoms with Gasteiger partial charge in [-0.1, -0.05) is 35.9 Å². The van der Waals surface area contributed by atoms with Gasteiger partial charge in [-0.05, 0) is 55.5 Å². The number of amidine groups is 1. The van der Waals surface area contributed by atoms with Crippen molar-refractivity contribution in [2.75, 3.05) is 12.4 Å². The van der Waals surface area contributed by atoms with Gasteiger partial charge >= 0.3 is 0 Å². The summed E-state index contributed by atoms with van der Waals surface area (Å²) in [5.41, 5.74) is 4.37. The molecule has 3 aromatic carbocycles. The van der Waals surface area contributed by atoms with Gasteiger partial charge < -0.3 is 4.74 Å². The number of ether oxygens (including phenoxy) is 1. The lowest BCUT2D eigenvalue weighted by Crippen LogP contribution is -2.68. The van der Waals surface area contributed by atoms with Gasteiger partial charge in [0.25, 0.3) is 5.84 Å². The van der Waals surface area contributed by atoms with E-state index in [0.717, 1.165) is 28.5 Å². The number of nitrogens with one attached hydrogen (secondary N) is 2. The number of aryl methyl sites for hydroxylation is 1. The van der Waals surface area contributed by atoms with E-state index < -0.39 is 0 Å². The highest BCUT2D eigenvalue weighted by Crippen LogP contribution is 2.12. The molecule has 0 saturated carbocycles. The number of rotatable bonds is 4. The summed E-state index contributed by atoms with van der Waals surface area (Å²) in [7, 11) is 1.67. The van der Waals surface area contributed by atoms with Crippen LogP contribution < -0.4 is 15.0 Å². The van der Waals surface area contributed by atoms with Crippen molar-refractivity contribution in [3.63, 3.8) is 0 Å². The summed E-state index contributed by atoms with van der Waals surface area (Å²) in [6, 6.07) is 26.4. The lowest BCUT2D eigenvalue weighted by Gasteiger charge is -2.05. The van der Waals surface area contributed by atoms with Crippen LogP contribution in [0, 0.1) is 6.92 Å². The number of para-hydroxylation sites is 1. The molecule has 0 fully saturated rings. The molecule has 0 aliphatic carbocycles. The normalized spacial score (nSPS) is 11.2. The Labute approximate surface area is 142 Å². The van der Waals surface area contributed by atoms with Crippen molar-refractivity contribution >= 4 is 17.2 Å². The smallest absolute Gasteiger partial charge is 0.285 e. The average Bonchev–Trinajstić information content (AvgIpc) is 2.63. The first-order valence-corrected chi connectivity index (χ1v) is 7.92. The molecule has 24 heavy (non-hydrogen) atoms. The number of hydrogen-bond acceptors (Lipinski definition) is 1. The minimum absolute atomic E-state index is 0.841. The fourth-order valence-electron chi connectivity index (χ4n) is 2.38. The molecule has 0 aliphatic heterocycles. The van der Waals surface area contributed by atoms with Crippen molar-refractivity contribution < 1.29 is 9.73 Å². The lowest BCUT2D eigenvalue weighted by molar-refractivity contribution is -0.353. The van der Waals surface area contributed by atoms with Crippen LogP contribution in [-0.4, -0.2) is 12.9 Å². The predicted molar refractivity (Wildman–Crippen MR) is 99.0 cm³/mol. The van der Waals surface area contributed by atoms with E-state index in [0.29, 0.717) is 0 Å². The lowest BCUT2D eigenvalue weighted by atomic mass is 10.1. The van der Waals surface area contributed by atoms with Gasteiger partial charge in [0.1, 0.15) is 17.1 Å². The van der Waals surface area contributed by atoms with Gasteiger partial charge in [0.05, 0.1) is 12.7 Å². The molecule has 3 rings (SSSR count). The minimum atomic E-state index is 0.841. The van der Waals surface area contributed by atoms with Crippen LogP contribution in [0.2, 0.25) is 0 Å². The van der Waals surface area contributed by atoms with Crippen LogP contribution in [0.15, 0.2) is 78.9 Å². The van der Waals surface area contributed by atoms with Crippen LogP contribution in [0.3, 0.4) is 0 Å². The van der Waals surface area contributed by atoms with Crippen LogP contribution in [0.4, 0.5) is 11.4 Å². The monoisotopic (exact) mass is 317 g/mol. The molecule has 0 aromatic heterocycles. The molecule has 0 atom stereocenters. The summed E-state index contributed by atoms with van der Waals surface area (Å²) in [6.45, 7) is 2.09. The van der Waals surface area contributed by atoms with E-state index in [1.165, 1.54) is 5.56 Å². The molecule has 0 saturated heterocycles. The molecular weight excluding hydrogens is 296 g/mol. The second-order valence-corrected chi connectivity index (χ2v) is 5.59. The molecule has 3 heteroatoms. The molecule has 0 aliphatic rings. The Hall–Kier alpha value is -3.07. The summed E-state index contributed by atoms with van der Waals surface area (Å²) >= 11 is 0. The predicted octanol–water partition coefficient (Wildman–Crippen LogP) is 3.27. The fraction of sp³-hybridized carbons (Fsp3) is 0.0952. The van der Waals surface area contributed by atoms with Crippen LogP contribution in [-0.2, 0) is 0 Å². The van der Waals surface area contributed by atoms with Crippen LogP contribution >= 0.6 is 0 Å². The quantitative estimate of drug-likeness (QED) is 0.572. The van der Waals surface area contributed by atoms with Gasteiger partial charge in [-0.25, -0.2) is 10.3 Å². The Morgan fingerprint density at radius 1 is 0.833 bits per heavy atom. The Kier molecular flexibility index (Phi) is 4.92. The van der Waals surface area contributed by atoms with Crippen molar-refractivity contribution in [3.05, 3.63) is 90.0 Å². The zero-order valence-electron chi connectivity index (χ0n) is 13.9. The number of benzene rings is 3. The zero-order chi connectivity index (χ0) is 16.8. The molecule has 0 bridgehead atoms. The van der Waals surface area contributed by atoms with Gasteiger partial charge in [0.15, 0.2) is 0 Å². The molecular formula is C21H21N2O+. The first-order chi connectivity index (χ1) is 11.7. The van der Waals surface area contributed by atoms with Crippen molar-refractivity contribution in [2.45, 2.75) is 6.92 Å². The van der Waals surface area contributed by atoms with E-state index in [9.17, 15) is 0 Å². The third-order valence-electron chi connectivity index (χ3n) is 3.74. The first kappa shape index (κ1) is 15.8. The second-order valence-electron chi connectivity index (χ2n) is 5.59. The van der Waals surface area contributed by atoms with Crippen molar-refractivity contribution in [2.24, 2.45) is 0 Å². The van der Waals surface area contributed by atoms with E-state index in [-0.39, 0.29) is 0 Å². The highest BCUT2D eigenvalue weighted by molar-refractivity contribution is 6.04. The summed E-state index contributed by atoms with van der Waals surface area (Å²) in [5, 5.41) is 3.47. The van der Waals surface area contributed by atoms with Crippen LogP contribution in [0.1, 0.15) is 11.1 Å². The van der Waals surface area contributed by atoms with E-state index in [4.69, 9.17) is 4.74 Å². The summed E-state index contributed by atoms with van der Waals surface area (Å²) < 4.78 is 5.22. The topological polar surface area (TPSA) is 35.2 Å². The number of anilines is 1. The van der Waals surface area contributed by atoms with E-state index in [1.807, 2.05) is 54.6 Å². The molecule has 120 valence electrons. The van der Waals surface area contributed by atoms with Crippen molar-refractivity contribution in [1.82, 2.24) is 0 Å². The van der Waals surface area contributed by atoms with Crippen LogP contribution in [0.25, 0.3) is 0 Å². The van der Waals surface area contributed by atoms with Crippen molar-refractivity contribution in [3.8, 4) is 5.75 Å². The van der Waals surface area contributed by atoms with E-state index in [1.54, 1.807) is 7.11 Å². The second kappa shape index (κ2) is 7.47. The molecule has 0 unspecified atom stereocenters. The van der Waals surface area contributed by atoms with E-state index in [2.05, 4.69) is 41.5 Å². The molecule has 0 radical (unpaired) electrons. The third kappa shape index (κ3) is 4.02. The highest BCUT2D eigenvalue weighted by Gasteiger charge is 2.11. The standard InChI is InChI=1S/C21H20N2O/c1-16-8-10-17(11-9-16)21(22-18-6-4-3-5-7-18)23-19-12-14-20(24-2)15-13-19/h3-15H,1-2H3,(H,22,23)/p+1. The molecule has 2 N–H and O–H groups in total. The Morgan fingerprint density at radius 3 is 2.12 bits per heavy atom. The van der Waals surface area contributed by atoms with E-state index >= 15 is 0 Å². The number of hydrogen-bond donors (Lipinski definition) is 2. The van der Waals surface area contributed by atoms with Gasteiger partial charge in [0, 0.05) is 0 Å². The SMILES string of the molecule is COc1ccc([NH+]=C(Nc2ccccc2)c2ccc(C)cc2)cc1. The fourth-order valence-corrected chi connectivity index (χ4v) is 2.38. The summed E-state index contributed by atoms with van der Waals surface area (Å²) in [5.74, 6) is 1.78. The molecule has 3 nitrogen and oxygen atoms in total. The Balaban J connectivity index is 1.96. The van der Waals surface area contributed by atoms with Gasteiger partial charge in [0.2, 0.25) is 0 Å². The zero-order valence-corrected chi connectivity index (χ0v) is 13.9. The number of methoxy groups -OCH3 is 1. The maximum atomic E-state index is 5.22. The van der Waals surface area contributed by atoms with Gasteiger partial charge in [-0.2, -0.15) is 0 Å². The molecule has 0 heterocycles. The van der Waals surface area contributed by atoms with Crippen molar-refractivity contribution in [1.29, 1.82) is 0 Å². The maximum absolute atomic E-state index is 5.22. The third-order valence-corrected chi connectivity index (χ3v) is 3.74. The maximum Gasteiger partial charge on any atom is 0.285 e. The van der Waals surface area contributed by atoms with Gasteiger partial charge in [-0.3, -0.25) is 0 Å². The minimum Gasteiger partial charge on any atom is -0.497 e. The van der Waals surface area contributed by atoms with Crippen LogP contribution in [0.5, 0.6) is 5.75 Å². The highest BCUT2D eigenvalue weighted by atomic mass is 16.5.